The van der Waals surface area contributed by atoms with Crippen LogP contribution in [0.5, 0.6) is 0 Å². The van der Waals surface area contributed by atoms with E-state index < -0.39 is 6.10 Å². The number of esters is 3. The molecule has 0 aromatic carbocycles. The van der Waals surface area contributed by atoms with Crippen molar-refractivity contribution >= 4 is 17.9 Å². The minimum Gasteiger partial charge on any atom is -0.462 e. The van der Waals surface area contributed by atoms with E-state index >= 15 is 0 Å². The lowest BCUT2D eigenvalue weighted by atomic mass is 10.0. The van der Waals surface area contributed by atoms with Crippen LogP contribution in [0.15, 0.2) is 85.1 Å². The van der Waals surface area contributed by atoms with Crippen molar-refractivity contribution in [1.82, 2.24) is 0 Å². The molecule has 450 valence electrons. The molecular formula is C72H126O6. The topological polar surface area (TPSA) is 78.9 Å². The number of hydrogen-bond donors (Lipinski definition) is 0. The molecule has 0 heterocycles. The molecule has 6 nitrogen and oxygen atoms in total. The lowest BCUT2D eigenvalue weighted by molar-refractivity contribution is -0.166. The highest BCUT2D eigenvalue weighted by Crippen LogP contribution is 2.17. The van der Waals surface area contributed by atoms with Crippen molar-refractivity contribution in [2.45, 2.75) is 341 Å². The summed E-state index contributed by atoms with van der Waals surface area (Å²) < 4.78 is 16.8. The minimum atomic E-state index is -0.808. The third-order valence-electron chi connectivity index (χ3n) is 14.6. The van der Waals surface area contributed by atoms with Gasteiger partial charge in [-0.15, -0.1) is 0 Å². The van der Waals surface area contributed by atoms with Crippen molar-refractivity contribution in [2.24, 2.45) is 0 Å². The summed E-state index contributed by atoms with van der Waals surface area (Å²) in [6, 6.07) is 0. The molecule has 1 unspecified atom stereocenters. The summed E-state index contributed by atoms with van der Waals surface area (Å²) in [5, 5.41) is 0. The van der Waals surface area contributed by atoms with Gasteiger partial charge < -0.3 is 14.2 Å². The molecular weight excluding hydrogens is 961 g/mol. The van der Waals surface area contributed by atoms with E-state index in [9.17, 15) is 14.4 Å². The SMILES string of the molecule is CC/C=C\C/C=C\C/C=C\C/C=C\CCC(=O)OCC(COC(=O)CCCCCCCCCCCCCCCCCCCCCCC/C=C\C/C=C\CCCCCCC)OC(=O)CCCCCCC/C=C\CCCCCCC. The maximum absolute atomic E-state index is 12.9. The van der Waals surface area contributed by atoms with Gasteiger partial charge in [0.1, 0.15) is 13.2 Å². The Balaban J connectivity index is 4.13. The van der Waals surface area contributed by atoms with Gasteiger partial charge in [0.15, 0.2) is 6.10 Å². The van der Waals surface area contributed by atoms with Gasteiger partial charge in [-0.05, 0) is 103 Å². The van der Waals surface area contributed by atoms with Crippen molar-refractivity contribution in [3.63, 3.8) is 0 Å². The zero-order chi connectivity index (χ0) is 56.4. The van der Waals surface area contributed by atoms with Crippen LogP contribution in [0.4, 0.5) is 0 Å². The van der Waals surface area contributed by atoms with Crippen LogP contribution >= 0.6 is 0 Å². The van der Waals surface area contributed by atoms with Gasteiger partial charge >= 0.3 is 17.9 Å². The van der Waals surface area contributed by atoms with Gasteiger partial charge in [-0.2, -0.15) is 0 Å². The Morgan fingerprint density at radius 3 is 0.872 bits per heavy atom. The first kappa shape index (κ1) is 74.6. The Morgan fingerprint density at radius 1 is 0.269 bits per heavy atom. The summed E-state index contributed by atoms with van der Waals surface area (Å²) in [7, 11) is 0. The van der Waals surface area contributed by atoms with Crippen LogP contribution in [0.2, 0.25) is 0 Å². The summed E-state index contributed by atoms with van der Waals surface area (Å²) in [6.45, 7) is 6.46. The molecule has 0 aliphatic rings. The van der Waals surface area contributed by atoms with E-state index in [1.54, 1.807) is 0 Å². The molecule has 78 heavy (non-hydrogen) atoms. The highest BCUT2D eigenvalue weighted by Gasteiger charge is 2.19. The molecule has 0 aliphatic carbocycles. The van der Waals surface area contributed by atoms with Gasteiger partial charge in [0.25, 0.3) is 0 Å². The predicted molar refractivity (Wildman–Crippen MR) is 339 cm³/mol. The summed E-state index contributed by atoms with van der Waals surface area (Å²) in [5.41, 5.74) is 0. The Kier molecular flexibility index (Phi) is 63.2. The van der Waals surface area contributed by atoms with Crippen molar-refractivity contribution in [3.05, 3.63) is 85.1 Å². The smallest absolute Gasteiger partial charge is 0.306 e. The lowest BCUT2D eigenvalue weighted by Crippen LogP contribution is -2.30. The predicted octanol–water partition coefficient (Wildman–Crippen LogP) is 23.1. The quantitative estimate of drug-likeness (QED) is 0.0261. The van der Waals surface area contributed by atoms with Gasteiger partial charge in [0, 0.05) is 19.3 Å². The molecule has 0 aromatic heterocycles. The molecule has 0 bridgehead atoms. The number of carbonyl (C=O) groups excluding carboxylic acids is 3. The number of allylic oxidation sites excluding steroid dienone is 14. The summed E-state index contributed by atoms with van der Waals surface area (Å²) >= 11 is 0. The van der Waals surface area contributed by atoms with Crippen LogP contribution in [-0.2, 0) is 28.6 Å². The Morgan fingerprint density at radius 2 is 0.526 bits per heavy atom. The second-order valence-corrected chi connectivity index (χ2v) is 22.3. The van der Waals surface area contributed by atoms with E-state index in [4.69, 9.17) is 14.2 Å². The number of carbonyl (C=O) groups is 3. The second-order valence-electron chi connectivity index (χ2n) is 22.3. The van der Waals surface area contributed by atoms with E-state index in [0.29, 0.717) is 19.3 Å². The first-order valence-electron chi connectivity index (χ1n) is 33.6. The zero-order valence-electron chi connectivity index (χ0n) is 51.7. The number of ether oxygens (including phenoxy) is 3. The molecule has 1 atom stereocenters. The summed E-state index contributed by atoms with van der Waals surface area (Å²) in [5.74, 6) is -0.981. The lowest BCUT2D eigenvalue weighted by Gasteiger charge is -2.18. The zero-order valence-corrected chi connectivity index (χ0v) is 51.7. The van der Waals surface area contributed by atoms with Crippen molar-refractivity contribution in [3.8, 4) is 0 Å². The highest BCUT2D eigenvalue weighted by atomic mass is 16.6. The first-order valence-corrected chi connectivity index (χ1v) is 33.6. The first-order chi connectivity index (χ1) is 38.5. The van der Waals surface area contributed by atoms with E-state index in [1.165, 1.54) is 205 Å². The Labute approximate surface area is 484 Å². The second kappa shape index (κ2) is 66.1. The molecule has 0 spiro atoms. The van der Waals surface area contributed by atoms with Crippen molar-refractivity contribution in [1.29, 1.82) is 0 Å². The normalized spacial score (nSPS) is 12.6. The molecule has 0 N–H and O–H groups in total. The molecule has 0 rings (SSSR count). The van der Waals surface area contributed by atoms with Crippen LogP contribution < -0.4 is 0 Å². The molecule has 0 aromatic rings. The summed E-state index contributed by atoms with van der Waals surface area (Å²) in [6.07, 6.45) is 87.8. The van der Waals surface area contributed by atoms with Crippen LogP contribution in [0.25, 0.3) is 0 Å². The fourth-order valence-corrected chi connectivity index (χ4v) is 9.60. The molecule has 0 aliphatic heterocycles. The minimum absolute atomic E-state index is 0.0990. The average Bonchev–Trinajstić information content (AvgIpc) is 3.44. The molecule has 0 fully saturated rings. The molecule has 0 radical (unpaired) electrons. The van der Waals surface area contributed by atoms with E-state index in [0.717, 1.165) is 83.5 Å². The van der Waals surface area contributed by atoms with Gasteiger partial charge in [-0.1, -0.05) is 298 Å². The van der Waals surface area contributed by atoms with E-state index in [2.05, 4.69) is 99.8 Å². The standard InChI is InChI=1S/C72H126O6/c1-4-7-10-13-16-19-22-25-27-28-29-30-31-32-33-34-35-36-37-38-39-40-41-42-43-44-45-48-50-53-56-59-62-65-71(74)77-68-69(67-76-70(73)64-61-58-55-52-49-46-24-21-18-15-12-9-6-3)78-72(75)66-63-60-57-54-51-47-26-23-20-17-14-11-8-5-2/h9,12,18,21-23,25-26,28-29,46,49,55,58,69H,4-8,10-11,13-17,19-20,24,27,30-45,47-48,50-54,56-57,59-68H2,1-3H3/b12-9-,21-18-,25-22-,26-23-,29-28-,49-46-,58-55-. The highest BCUT2D eigenvalue weighted by molar-refractivity contribution is 5.71. The van der Waals surface area contributed by atoms with Crippen LogP contribution in [0.3, 0.4) is 0 Å². The van der Waals surface area contributed by atoms with Crippen molar-refractivity contribution < 1.29 is 28.6 Å². The molecule has 0 saturated heterocycles. The number of rotatable bonds is 61. The van der Waals surface area contributed by atoms with Crippen LogP contribution in [-0.4, -0.2) is 37.2 Å². The van der Waals surface area contributed by atoms with Gasteiger partial charge in [0.2, 0.25) is 0 Å². The fourth-order valence-electron chi connectivity index (χ4n) is 9.60. The maximum Gasteiger partial charge on any atom is 0.306 e. The van der Waals surface area contributed by atoms with Gasteiger partial charge in [-0.25, -0.2) is 0 Å². The van der Waals surface area contributed by atoms with E-state index in [-0.39, 0.29) is 37.5 Å². The third-order valence-corrected chi connectivity index (χ3v) is 14.6. The molecule has 6 heteroatoms. The van der Waals surface area contributed by atoms with Crippen LogP contribution in [0, 0.1) is 0 Å². The average molecular weight is 1090 g/mol. The van der Waals surface area contributed by atoms with E-state index in [1.807, 2.05) is 6.08 Å². The van der Waals surface area contributed by atoms with Gasteiger partial charge in [0.05, 0.1) is 0 Å². The number of hydrogen-bond acceptors (Lipinski definition) is 6. The monoisotopic (exact) mass is 1090 g/mol. The molecule has 0 saturated carbocycles. The molecule has 0 amide bonds. The maximum atomic E-state index is 12.9. The number of unbranched alkanes of at least 4 members (excludes halogenated alkanes) is 36. The summed E-state index contributed by atoms with van der Waals surface area (Å²) in [4.78, 5) is 38.2. The van der Waals surface area contributed by atoms with Crippen LogP contribution in [0.1, 0.15) is 335 Å². The van der Waals surface area contributed by atoms with Crippen molar-refractivity contribution in [2.75, 3.05) is 13.2 Å². The Hall–Kier alpha value is -3.41. The third kappa shape index (κ3) is 63.4. The van der Waals surface area contributed by atoms with Gasteiger partial charge in [-0.3, -0.25) is 14.4 Å². The fraction of sp³-hybridized carbons (Fsp3) is 0.764. The Bertz CT molecular complexity index is 1480. The largest absolute Gasteiger partial charge is 0.462 e.